The lowest BCUT2D eigenvalue weighted by molar-refractivity contribution is -0.122. The van der Waals surface area contributed by atoms with E-state index in [9.17, 15) is 29.4 Å². The highest BCUT2D eigenvalue weighted by atomic mass is 16.3. The Labute approximate surface area is 370 Å². The molecule has 0 atom stereocenters. The van der Waals surface area contributed by atoms with E-state index in [0.29, 0.717) is 36.8 Å². The topological polar surface area (TPSA) is 206 Å². The molecule has 0 radical (unpaired) electrons. The van der Waals surface area contributed by atoms with Gasteiger partial charge in [0.1, 0.15) is 11.5 Å². The summed E-state index contributed by atoms with van der Waals surface area (Å²) < 4.78 is 0. The number of aromatic hydroxyl groups is 2. The third kappa shape index (κ3) is 23.0. The maximum atomic E-state index is 12.5. The number of hydrogen-bond donors (Lipinski definition) is 6. The van der Waals surface area contributed by atoms with Gasteiger partial charge in [-0.2, -0.15) is 20.4 Å². The maximum Gasteiger partial charge on any atom is 0.240 e. The predicted octanol–water partition coefficient (Wildman–Crippen LogP) is 10.0. The number of amides is 4. The number of carbonyl (C=O) groups is 4. The molecule has 2 aromatic carbocycles. The minimum atomic E-state index is -0.244. The van der Waals surface area contributed by atoms with Gasteiger partial charge in [0.15, 0.2) is 0 Å². The number of unbranched alkanes of at least 4 members (excludes halogenated alkanes) is 16. The second-order valence-corrected chi connectivity index (χ2v) is 15.8. The minimum Gasteiger partial charge on any atom is -0.507 e. The van der Waals surface area contributed by atoms with Crippen molar-refractivity contribution in [3.63, 3.8) is 0 Å². The number of nitrogens with zero attached hydrogens (tertiary/aromatic N) is 4. The Hall–Kier alpha value is -5.40. The fourth-order valence-electron chi connectivity index (χ4n) is 6.56. The number of benzene rings is 2. The lowest BCUT2D eigenvalue weighted by atomic mass is 9.95. The van der Waals surface area contributed by atoms with Crippen LogP contribution >= 0.6 is 0 Å². The van der Waals surface area contributed by atoms with Crippen molar-refractivity contribution in [3.05, 3.63) is 46.5 Å². The van der Waals surface area contributed by atoms with E-state index in [1.54, 1.807) is 24.3 Å². The third-order valence-electron chi connectivity index (χ3n) is 10.3. The standard InChI is InChI=1S/C48H74N8O6/c1-5-9-13-17-21-25-43(57)53-49-33-39-29-37(30-40(47(39)61)34-50-54-44(58)26-22-18-14-10-6-2)38-31-41(35-51-55-45(59)27-23-19-15-11-7-3)48(62)42(32-38)36-52-56-46(60)28-24-20-16-12-8-4/h29-36,61-62H,5-28H2,1-4H3,(H,53,57)(H,54,58)(H,55,59)(H,56,60)/b49-33+,50-34+,51-35+,52-36+. The molecule has 0 aromatic heterocycles. The van der Waals surface area contributed by atoms with E-state index in [0.717, 1.165) is 128 Å². The fraction of sp³-hybridized carbons (Fsp3) is 0.583. The summed E-state index contributed by atoms with van der Waals surface area (Å²) in [7, 11) is 0. The smallest absolute Gasteiger partial charge is 0.240 e. The van der Waals surface area contributed by atoms with Gasteiger partial charge < -0.3 is 10.2 Å². The summed E-state index contributed by atoms with van der Waals surface area (Å²) in [6, 6.07) is 6.60. The molecule has 0 aliphatic heterocycles. The first-order chi connectivity index (χ1) is 30.1. The van der Waals surface area contributed by atoms with Gasteiger partial charge in [-0.15, -0.1) is 0 Å². The highest BCUT2D eigenvalue weighted by Crippen LogP contribution is 2.33. The van der Waals surface area contributed by atoms with Gasteiger partial charge in [0.25, 0.3) is 0 Å². The van der Waals surface area contributed by atoms with E-state index in [4.69, 9.17) is 0 Å². The molecule has 0 spiro atoms. The van der Waals surface area contributed by atoms with Crippen LogP contribution in [0.25, 0.3) is 11.1 Å². The molecule has 0 unspecified atom stereocenters. The molecule has 342 valence electrons. The molecular formula is C48H74N8O6. The van der Waals surface area contributed by atoms with Crippen molar-refractivity contribution in [2.75, 3.05) is 0 Å². The lowest BCUT2D eigenvalue weighted by Crippen LogP contribution is -2.17. The lowest BCUT2D eigenvalue weighted by Gasteiger charge is -2.12. The van der Waals surface area contributed by atoms with Crippen molar-refractivity contribution in [2.45, 2.75) is 182 Å². The number of phenols is 2. The van der Waals surface area contributed by atoms with Crippen molar-refractivity contribution < 1.29 is 29.4 Å². The third-order valence-corrected chi connectivity index (χ3v) is 10.3. The van der Waals surface area contributed by atoms with Crippen molar-refractivity contribution in [3.8, 4) is 22.6 Å². The van der Waals surface area contributed by atoms with Gasteiger partial charge in [-0.1, -0.05) is 130 Å². The molecule has 0 aliphatic carbocycles. The first-order valence-electron chi connectivity index (χ1n) is 23.1. The van der Waals surface area contributed by atoms with Gasteiger partial charge in [-0.25, -0.2) is 21.7 Å². The molecule has 14 heteroatoms. The van der Waals surface area contributed by atoms with Crippen LogP contribution < -0.4 is 21.7 Å². The average Bonchev–Trinajstić information content (AvgIpc) is 3.25. The molecule has 0 aliphatic rings. The molecule has 0 fully saturated rings. The van der Waals surface area contributed by atoms with Crippen LogP contribution in [-0.2, 0) is 19.2 Å². The largest absolute Gasteiger partial charge is 0.507 e. The predicted molar refractivity (Wildman–Crippen MR) is 252 cm³/mol. The number of carbonyl (C=O) groups excluding carboxylic acids is 4. The SMILES string of the molecule is CCCCCCCC(=O)N/N=C/c1cc(-c2cc(/C=N/NC(=O)CCCCCCC)c(O)c(/C=N/NC(=O)CCCCCCC)c2)cc(/C=N/NC(=O)CCCCCCC)c1O. The van der Waals surface area contributed by atoms with Crippen LogP contribution in [-0.4, -0.2) is 58.7 Å². The van der Waals surface area contributed by atoms with Crippen LogP contribution in [0, 0.1) is 0 Å². The molecular weight excluding hydrogens is 785 g/mol. The van der Waals surface area contributed by atoms with Crippen molar-refractivity contribution in [1.29, 1.82) is 0 Å². The summed E-state index contributed by atoms with van der Waals surface area (Å²) in [4.78, 5) is 50.1. The number of nitrogens with one attached hydrogen (secondary N) is 4. The second-order valence-electron chi connectivity index (χ2n) is 15.8. The van der Waals surface area contributed by atoms with Crippen molar-refractivity contribution >= 4 is 48.5 Å². The zero-order valence-electron chi connectivity index (χ0n) is 37.9. The Morgan fingerprint density at radius 3 is 0.806 bits per heavy atom. The first kappa shape index (κ1) is 52.7. The van der Waals surface area contributed by atoms with Gasteiger partial charge in [0, 0.05) is 47.9 Å². The van der Waals surface area contributed by atoms with Crippen LogP contribution in [0.15, 0.2) is 44.7 Å². The average molecular weight is 859 g/mol. The van der Waals surface area contributed by atoms with Crippen LogP contribution in [0.4, 0.5) is 0 Å². The molecule has 0 saturated carbocycles. The number of rotatable bonds is 33. The van der Waals surface area contributed by atoms with Crippen LogP contribution in [0.2, 0.25) is 0 Å². The van der Waals surface area contributed by atoms with E-state index < -0.39 is 0 Å². The minimum absolute atomic E-state index is 0.193. The summed E-state index contributed by atoms with van der Waals surface area (Å²) in [5.74, 6) is -1.36. The van der Waals surface area contributed by atoms with E-state index in [2.05, 4.69) is 69.8 Å². The highest BCUT2D eigenvalue weighted by Gasteiger charge is 2.15. The van der Waals surface area contributed by atoms with Gasteiger partial charge in [-0.3, -0.25) is 19.2 Å². The van der Waals surface area contributed by atoms with E-state index in [-0.39, 0.29) is 57.4 Å². The maximum absolute atomic E-state index is 12.5. The molecule has 6 N–H and O–H groups in total. The van der Waals surface area contributed by atoms with Gasteiger partial charge in [-0.05, 0) is 61.1 Å². The van der Waals surface area contributed by atoms with Crippen molar-refractivity contribution in [2.24, 2.45) is 20.4 Å². The zero-order valence-corrected chi connectivity index (χ0v) is 37.9. The summed E-state index contributed by atoms with van der Waals surface area (Å²) in [6.45, 7) is 8.54. The van der Waals surface area contributed by atoms with Gasteiger partial charge >= 0.3 is 0 Å². The van der Waals surface area contributed by atoms with Gasteiger partial charge in [0.05, 0.1) is 24.9 Å². The molecule has 14 nitrogen and oxygen atoms in total. The summed E-state index contributed by atoms with van der Waals surface area (Å²) in [5.41, 5.74) is 12.2. The molecule has 0 heterocycles. The Kier molecular flexibility index (Phi) is 28.3. The quantitative estimate of drug-likeness (QED) is 0.0234. The summed E-state index contributed by atoms with van der Waals surface area (Å²) >= 11 is 0. The Bertz CT molecular complexity index is 1530. The number of hydrazone groups is 4. The normalized spacial score (nSPS) is 11.6. The second kappa shape index (κ2) is 33.3. The van der Waals surface area contributed by atoms with E-state index >= 15 is 0 Å². The molecule has 0 bridgehead atoms. The zero-order chi connectivity index (χ0) is 45.2. The van der Waals surface area contributed by atoms with Gasteiger partial charge in [0.2, 0.25) is 23.6 Å². The molecule has 62 heavy (non-hydrogen) atoms. The van der Waals surface area contributed by atoms with Crippen LogP contribution in [0.5, 0.6) is 11.5 Å². The monoisotopic (exact) mass is 859 g/mol. The summed E-state index contributed by atoms with van der Waals surface area (Å²) in [6.07, 6.45) is 26.6. The van der Waals surface area contributed by atoms with Crippen LogP contribution in [0.3, 0.4) is 0 Å². The molecule has 0 saturated heterocycles. The Morgan fingerprint density at radius 2 is 0.597 bits per heavy atom. The van der Waals surface area contributed by atoms with E-state index in [1.165, 1.54) is 24.9 Å². The highest BCUT2D eigenvalue weighted by molar-refractivity contribution is 5.98. The number of phenolic OH excluding ortho intramolecular Hbond substituents is 2. The van der Waals surface area contributed by atoms with Crippen molar-refractivity contribution in [1.82, 2.24) is 21.7 Å². The number of hydrogen-bond acceptors (Lipinski definition) is 10. The Morgan fingerprint density at radius 1 is 0.387 bits per heavy atom. The summed E-state index contributed by atoms with van der Waals surface area (Å²) in [5, 5.41) is 39.3. The molecule has 2 aromatic rings. The molecule has 4 amide bonds. The fourth-order valence-corrected chi connectivity index (χ4v) is 6.56. The first-order valence-corrected chi connectivity index (χ1v) is 23.1. The van der Waals surface area contributed by atoms with Crippen LogP contribution in [0.1, 0.15) is 204 Å². The van der Waals surface area contributed by atoms with E-state index in [1.807, 2.05) is 0 Å². The molecule has 2 rings (SSSR count). The Balaban J connectivity index is 2.50.